The minimum absolute atomic E-state index is 0.218. The molecule has 1 unspecified atom stereocenters. The van der Waals surface area contributed by atoms with E-state index in [2.05, 4.69) is 46.2 Å². The van der Waals surface area contributed by atoms with Crippen LogP contribution >= 0.6 is 0 Å². The van der Waals surface area contributed by atoms with Gasteiger partial charge in [-0.1, -0.05) is 0 Å². The first-order valence-corrected chi connectivity index (χ1v) is 7.58. The molecular formula is C18H19N3O. The number of aromatic nitrogens is 2. The van der Waals surface area contributed by atoms with Gasteiger partial charge >= 0.3 is 0 Å². The second-order valence-electron chi connectivity index (χ2n) is 5.72. The zero-order valence-electron chi connectivity index (χ0n) is 12.8. The van der Waals surface area contributed by atoms with Crippen molar-refractivity contribution in [2.24, 2.45) is 7.05 Å². The number of hydrogen-bond acceptors (Lipinski definition) is 3. The van der Waals surface area contributed by atoms with Crippen molar-refractivity contribution in [1.82, 2.24) is 14.9 Å². The van der Waals surface area contributed by atoms with E-state index in [-0.39, 0.29) is 6.04 Å². The van der Waals surface area contributed by atoms with Crippen LogP contribution in [0, 0.1) is 0 Å². The molecule has 0 spiro atoms. The van der Waals surface area contributed by atoms with E-state index in [9.17, 15) is 0 Å². The Bertz CT molecular complexity index is 823. The van der Waals surface area contributed by atoms with Gasteiger partial charge in [0.25, 0.3) is 0 Å². The van der Waals surface area contributed by atoms with Gasteiger partial charge in [0.15, 0.2) is 0 Å². The molecule has 112 valence electrons. The van der Waals surface area contributed by atoms with E-state index >= 15 is 0 Å². The average molecular weight is 293 g/mol. The number of rotatable bonds is 2. The number of nitrogens with one attached hydrogen (secondary N) is 1. The fraction of sp³-hybridized carbons (Fsp3) is 0.278. The summed E-state index contributed by atoms with van der Waals surface area (Å²) in [5, 5.41) is 4.95. The average Bonchev–Trinajstić information content (AvgIpc) is 2.88. The van der Waals surface area contributed by atoms with Crippen molar-refractivity contribution in [3.63, 3.8) is 0 Å². The Morgan fingerprint density at radius 2 is 2.05 bits per heavy atom. The Kier molecular flexibility index (Phi) is 3.12. The molecule has 2 aromatic heterocycles. The van der Waals surface area contributed by atoms with E-state index in [0.29, 0.717) is 0 Å². The van der Waals surface area contributed by atoms with Gasteiger partial charge in [-0.15, -0.1) is 0 Å². The van der Waals surface area contributed by atoms with Crippen LogP contribution in [0.2, 0.25) is 0 Å². The van der Waals surface area contributed by atoms with Gasteiger partial charge in [0.05, 0.1) is 13.2 Å². The Hall–Kier alpha value is -2.33. The lowest BCUT2D eigenvalue weighted by Gasteiger charge is -2.26. The minimum Gasteiger partial charge on any atom is -0.497 e. The SMILES string of the molecule is COc1ccc2c(c1)c1c(n2C)C(c2ccncc2)NCC1. The number of fused-ring (bicyclic) bond motifs is 3. The number of methoxy groups -OCH3 is 1. The first kappa shape index (κ1) is 13.3. The molecule has 22 heavy (non-hydrogen) atoms. The smallest absolute Gasteiger partial charge is 0.119 e. The third-order valence-electron chi connectivity index (χ3n) is 4.60. The van der Waals surface area contributed by atoms with Crippen molar-refractivity contribution in [3.05, 3.63) is 59.5 Å². The van der Waals surface area contributed by atoms with Crippen molar-refractivity contribution in [2.75, 3.05) is 13.7 Å². The molecule has 0 saturated carbocycles. The predicted octanol–water partition coefficient (Wildman–Crippen LogP) is 2.82. The Balaban J connectivity index is 1.95. The van der Waals surface area contributed by atoms with E-state index in [1.807, 2.05) is 18.5 Å². The molecule has 0 saturated heterocycles. The van der Waals surface area contributed by atoms with Crippen LogP contribution in [0.25, 0.3) is 10.9 Å². The molecule has 4 heteroatoms. The summed E-state index contributed by atoms with van der Waals surface area (Å²) >= 11 is 0. The Labute approximate surface area is 129 Å². The molecule has 3 heterocycles. The maximum absolute atomic E-state index is 5.40. The van der Waals surface area contributed by atoms with Crippen LogP contribution in [0.4, 0.5) is 0 Å². The number of pyridine rings is 1. The lowest BCUT2D eigenvalue weighted by Crippen LogP contribution is -2.31. The third-order valence-corrected chi connectivity index (χ3v) is 4.60. The molecule has 0 bridgehead atoms. The zero-order chi connectivity index (χ0) is 15.1. The Morgan fingerprint density at radius 3 is 2.82 bits per heavy atom. The number of ether oxygens (including phenoxy) is 1. The first-order chi connectivity index (χ1) is 10.8. The maximum atomic E-state index is 5.40. The second-order valence-corrected chi connectivity index (χ2v) is 5.72. The van der Waals surface area contributed by atoms with Crippen LogP contribution in [0.15, 0.2) is 42.7 Å². The van der Waals surface area contributed by atoms with Crippen LogP contribution in [0.1, 0.15) is 22.9 Å². The van der Waals surface area contributed by atoms with Gasteiger partial charge in [0.1, 0.15) is 5.75 Å². The number of benzene rings is 1. The topological polar surface area (TPSA) is 39.1 Å². The molecule has 0 amide bonds. The standard InChI is InChI=1S/C18H19N3O/c1-21-16-4-3-13(22-2)11-15(16)14-7-10-20-17(18(14)21)12-5-8-19-9-6-12/h3-6,8-9,11,17,20H,7,10H2,1-2H3. The lowest BCUT2D eigenvalue weighted by atomic mass is 9.95. The van der Waals surface area contributed by atoms with E-state index in [0.717, 1.165) is 18.7 Å². The highest BCUT2D eigenvalue weighted by molar-refractivity contribution is 5.87. The van der Waals surface area contributed by atoms with Gasteiger partial charge in [-0.25, -0.2) is 0 Å². The molecule has 1 aromatic carbocycles. The quantitative estimate of drug-likeness (QED) is 0.789. The number of nitrogens with zero attached hydrogens (tertiary/aromatic N) is 2. The van der Waals surface area contributed by atoms with E-state index in [1.54, 1.807) is 7.11 Å². The van der Waals surface area contributed by atoms with Crippen LogP contribution < -0.4 is 10.1 Å². The Morgan fingerprint density at radius 1 is 1.23 bits per heavy atom. The van der Waals surface area contributed by atoms with Crippen LogP contribution in [-0.2, 0) is 13.5 Å². The lowest BCUT2D eigenvalue weighted by molar-refractivity contribution is 0.415. The summed E-state index contributed by atoms with van der Waals surface area (Å²) in [5.74, 6) is 0.917. The summed E-state index contributed by atoms with van der Waals surface area (Å²) in [4.78, 5) is 4.13. The predicted molar refractivity (Wildman–Crippen MR) is 87.3 cm³/mol. The summed E-state index contributed by atoms with van der Waals surface area (Å²) < 4.78 is 7.71. The van der Waals surface area contributed by atoms with Gasteiger partial charge in [-0.2, -0.15) is 0 Å². The van der Waals surface area contributed by atoms with Crippen LogP contribution in [0.3, 0.4) is 0 Å². The monoisotopic (exact) mass is 293 g/mol. The van der Waals surface area contributed by atoms with Gasteiger partial charge in [-0.05, 0) is 47.9 Å². The summed E-state index contributed by atoms with van der Waals surface area (Å²) in [6, 6.07) is 10.7. The molecule has 0 fully saturated rings. The van der Waals surface area contributed by atoms with Crippen LogP contribution in [-0.4, -0.2) is 23.2 Å². The van der Waals surface area contributed by atoms with Crippen molar-refractivity contribution >= 4 is 10.9 Å². The molecule has 1 aliphatic heterocycles. The van der Waals surface area contributed by atoms with Crippen molar-refractivity contribution in [2.45, 2.75) is 12.5 Å². The van der Waals surface area contributed by atoms with Crippen molar-refractivity contribution in [3.8, 4) is 5.75 Å². The normalized spacial score (nSPS) is 17.5. The highest BCUT2D eigenvalue weighted by Gasteiger charge is 2.27. The third kappa shape index (κ3) is 1.91. The summed E-state index contributed by atoms with van der Waals surface area (Å²) in [6.45, 7) is 0.982. The highest BCUT2D eigenvalue weighted by atomic mass is 16.5. The summed E-state index contributed by atoms with van der Waals surface area (Å²) in [5.41, 5.74) is 5.29. The van der Waals surface area contributed by atoms with E-state index in [1.165, 1.54) is 27.7 Å². The number of aryl methyl sites for hydroxylation is 1. The minimum atomic E-state index is 0.218. The molecule has 1 N–H and O–H groups in total. The molecule has 0 radical (unpaired) electrons. The molecule has 3 aromatic rings. The van der Waals surface area contributed by atoms with E-state index < -0.39 is 0 Å². The summed E-state index contributed by atoms with van der Waals surface area (Å²) in [6.07, 6.45) is 4.76. The second kappa shape index (κ2) is 5.14. The molecule has 1 atom stereocenters. The highest BCUT2D eigenvalue weighted by Crippen LogP contribution is 2.36. The molecule has 0 aliphatic carbocycles. The molecule has 4 nitrogen and oxygen atoms in total. The number of hydrogen-bond donors (Lipinski definition) is 1. The fourth-order valence-corrected chi connectivity index (χ4v) is 3.55. The first-order valence-electron chi connectivity index (χ1n) is 7.58. The molecule has 4 rings (SSSR count). The van der Waals surface area contributed by atoms with Crippen molar-refractivity contribution < 1.29 is 4.74 Å². The van der Waals surface area contributed by atoms with Gasteiger partial charge < -0.3 is 14.6 Å². The van der Waals surface area contributed by atoms with E-state index in [4.69, 9.17) is 4.74 Å². The van der Waals surface area contributed by atoms with Gasteiger partial charge in [0.2, 0.25) is 0 Å². The summed E-state index contributed by atoms with van der Waals surface area (Å²) in [7, 11) is 3.87. The van der Waals surface area contributed by atoms with Crippen LogP contribution in [0.5, 0.6) is 5.75 Å². The van der Waals surface area contributed by atoms with Crippen molar-refractivity contribution in [1.29, 1.82) is 0 Å². The zero-order valence-corrected chi connectivity index (χ0v) is 12.8. The molecular weight excluding hydrogens is 274 g/mol. The van der Waals surface area contributed by atoms with Gasteiger partial charge in [0, 0.05) is 42.6 Å². The van der Waals surface area contributed by atoms with Gasteiger partial charge in [-0.3, -0.25) is 4.98 Å². The maximum Gasteiger partial charge on any atom is 0.119 e. The fourth-order valence-electron chi connectivity index (χ4n) is 3.55. The largest absolute Gasteiger partial charge is 0.497 e. The molecule has 1 aliphatic rings.